The second-order valence-electron chi connectivity index (χ2n) is 0. The largest absolute Gasteiger partial charge is 0.369 e. The van der Waals surface area contributed by atoms with Gasteiger partial charge in [-0.3, -0.25) is 0 Å². The van der Waals surface area contributed by atoms with E-state index < -0.39 is 0 Å². The minimum absolute atomic E-state index is 0. The van der Waals surface area contributed by atoms with Crippen molar-refractivity contribution in [1.29, 1.82) is 0 Å². The lowest BCUT2D eigenvalue weighted by Gasteiger charge is -0.813. The highest BCUT2D eigenvalue weighted by Gasteiger charge is 0.607. The minimum atomic E-state index is 0. The van der Waals surface area contributed by atoms with Crippen LogP contribution >= 0.6 is 0 Å². The Morgan fingerprint density at radius 2 is 0.333 bits per heavy atom. The predicted octanol–water partition coefficient (Wildman–Crippen LogP) is 3.59. The van der Waals surface area contributed by atoms with E-state index in [1.165, 1.54) is 0 Å². The van der Waals surface area contributed by atoms with Crippen LogP contribution in [-0.4, -0.2) is 0 Å². The zero-order chi connectivity index (χ0) is 8.00. The molecule has 0 unspecified atom stereocenters. The molecule has 0 bridgehead atoms. The maximum absolute atomic E-state index is 3.00. The van der Waals surface area contributed by atoms with E-state index in [0.717, 1.165) is 0 Å². The normalized spacial score (nSPS) is 1.78. The lowest BCUT2D eigenvalue weighted by Crippen LogP contribution is -0.552. The third kappa shape index (κ3) is 144. The first-order valence-corrected chi connectivity index (χ1v) is 2.00. The average Bonchev–Trinajstić information content (AvgIpc) is 2.03. The van der Waals surface area contributed by atoms with Gasteiger partial charge in [-0.05, 0) is 0 Å². The number of rotatable bonds is 0. The molecule has 0 atom stereocenters. The molecule has 56 valence electrons. The quantitative estimate of drug-likeness (QED) is 0.486. The van der Waals surface area contributed by atoms with E-state index in [2.05, 4.69) is 52.6 Å². The fraction of sp³-hybridized carbons (Fsp3) is 0. The number of hydrogen-bond acceptors (Lipinski definition) is 0. The minimum Gasteiger partial charge on any atom is -0.369 e. The molecule has 0 aromatic heterocycles. The molecule has 0 heterocycles. The van der Waals surface area contributed by atoms with Crippen molar-refractivity contribution in [1.82, 2.24) is 6.15 Å². The fourth-order valence-corrected chi connectivity index (χ4v) is 0. The second-order valence-corrected chi connectivity index (χ2v) is 0. The summed E-state index contributed by atoms with van der Waals surface area (Å²) in [6.45, 7) is 24.0. The van der Waals surface area contributed by atoms with Crippen molar-refractivity contribution < 1.29 is 0 Å². The first-order valence-electron chi connectivity index (χ1n) is 2.00. The Hall–Kier alpha value is -1.08. The van der Waals surface area contributed by atoms with Gasteiger partial charge in [-0.1, -0.05) is 0 Å². The summed E-state index contributed by atoms with van der Waals surface area (Å²) in [5, 5.41) is 0. The molecule has 0 aromatic carbocycles. The summed E-state index contributed by atoms with van der Waals surface area (Å²) < 4.78 is 0. The van der Waals surface area contributed by atoms with E-state index in [1.807, 2.05) is 0 Å². The van der Waals surface area contributed by atoms with E-state index in [1.54, 1.807) is 0 Å². The van der Waals surface area contributed by atoms with Crippen LogP contribution in [0.15, 0.2) is 52.6 Å². The van der Waals surface area contributed by atoms with Gasteiger partial charge in [-0.15, -0.1) is 52.6 Å². The fourth-order valence-electron chi connectivity index (χ4n) is 0. The molecule has 0 aromatic rings. The monoisotopic (exact) mass is 130 g/mol. The van der Waals surface area contributed by atoms with E-state index in [-0.39, 0.29) is 6.15 Å². The molecule has 9 heavy (non-hydrogen) atoms. The summed E-state index contributed by atoms with van der Waals surface area (Å²) in [7, 11) is 0. The summed E-state index contributed by atoms with van der Waals surface area (Å²) in [6.07, 6.45) is 0. The van der Waals surface area contributed by atoms with E-state index in [9.17, 15) is 0 Å². The third-order valence-corrected chi connectivity index (χ3v) is 0. The second kappa shape index (κ2) is 208. The zero-order valence-electron chi connectivity index (χ0n) is 6.66. The molecular weight excluding hydrogens is 110 g/mol. The SMILES string of the molecule is C=C.C=C.C=C.C=C.[NH4+]. The molecule has 4 N–H and O–H groups in total. The topological polar surface area (TPSA) is 36.5 Å². The molecule has 0 aliphatic heterocycles. The number of quaternary nitrogens is 1. The maximum Gasteiger partial charge on any atom is -0.106 e. The summed E-state index contributed by atoms with van der Waals surface area (Å²) in [4.78, 5) is 0. The average molecular weight is 130 g/mol. The molecule has 0 saturated heterocycles. The Labute approximate surface area is 59.7 Å². The van der Waals surface area contributed by atoms with Gasteiger partial charge in [0.25, 0.3) is 0 Å². The van der Waals surface area contributed by atoms with Crippen LogP contribution in [0.5, 0.6) is 0 Å². The highest BCUT2D eigenvalue weighted by Crippen LogP contribution is 0.868. The van der Waals surface area contributed by atoms with Crippen LogP contribution in [0.3, 0.4) is 0 Å². The molecule has 0 radical (unpaired) electrons. The molecule has 0 spiro atoms. The smallest absolute Gasteiger partial charge is 0.106 e. The summed E-state index contributed by atoms with van der Waals surface area (Å²) in [5.74, 6) is 0. The molecule has 1 nitrogen and oxygen atoms in total. The van der Waals surface area contributed by atoms with Gasteiger partial charge in [0.1, 0.15) is 0 Å². The van der Waals surface area contributed by atoms with Gasteiger partial charge in [-0.25, -0.2) is 0 Å². The highest BCUT2D eigenvalue weighted by atomic mass is 14.0. The van der Waals surface area contributed by atoms with Gasteiger partial charge >= 0.3 is 0 Å². The Morgan fingerprint density at radius 1 is 0.333 bits per heavy atom. The Bertz CT molecular complexity index is 12.5. The van der Waals surface area contributed by atoms with Crippen molar-refractivity contribution in [2.24, 2.45) is 0 Å². The van der Waals surface area contributed by atoms with Crippen LogP contribution in [0.4, 0.5) is 0 Å². The van der Waals surface area contributed by atoms with Gasteiger partial charge < -0.3 is 6.15 Å². The van der Waals surface area contributed by atoms with E-state index in [4.69, 9.17) is 0 Å². The standard InChI is InChI=1S/4C2H4.H3N/c4*1-2;/h4*1-2H2;1H3/p+1. The lowest BCUT2D eigenvalue weighted by atomic mass is 11.3. The van der Waals surface area contributed by atoms with Crippen LogP contribution in [0.2, 0.25) is 0 Å². The van der Waals surface area contributed by atoms with Crippen molar-refractivity contribution in [3.8, 4) is 0 Å². The molecule has 1 heteroatoms. The van der Waals surface area contributed by atoms with Crippen LogP contribution in [0, 0.1) is 0 Å². The van der Waals surface area contributed by atoms with E-state index in [0.29, 0.717) is 0 Å². The zero-order valence-corrected chi connectivity index (χ0v) is 6.66. The van der Waals surface area contributed by atoms with Crippen LogP contribution in [-0.2, 0) is 0 Å². The van der Waals surface area contributed by atoms with Gasteiger partial charge in [-0.2, -0.15) is 0 Å². The van der Waals surface area contributed by atoms with Crippen molar-refractivity contribution in [2.45, 2.75) is 0 Å². The Kier molecular flexibility index (Phi) is 1030. The van der Waals surface area contributed by atoms with Crippen molar-refractivity contribution in [3.05, 3.63) is 52.6 Å². The molecule has 0 fully saturated rings. The molecule has 0 saturated carbocycles. The highest BCUT2D eigenvalue weighted by molar-refractivity contribution is 4.23. The molecular formula is C8H20N+. The Balaban J connectivity index is -0.00000000762. The van der Waals surface area contributed by atoms with Crippen molar-refractivity contribution in [2.75, 3.05) is 0 Å². The predicted molar refractivity (Wildman–Crippen MR) is 51.0 cm³/mol. The summed E-state index contributed by atoms with van der Waals surface area (Å²) in [6, 6.07) is 0. The van der Waals surface area contributed by atoms with Crippen LogP contribution < -0.4 is 6.15 Å². The number of hydrogen-bond donors (Lipinski definition) is 1. The van der Waals surface area contributed by atoms with Gasteiger partial charge in [0.05, 0.1) is 0 Å². The van der Waals surface area contributed by atoms with Crippen molar-refractivity contribution >= 4 is 0 Å². The van der Waals surface area contributed by atoms with Gasteiger partial charge in [0, 0.05) is 0 Å². The maximum atomic E-state index is 3.00. The first-order chi connectivity index (χ1) is 4.00. The van der Waals surface area contributed by atoms with Crippen LogP contribution in [0.25, 0.3) is 0 Å². The third-order valence-electron chi connectivity index (χ3n) is 0. The summed E-state index contributed by atoms with van der Waals surface area (Å²) in [5.41, 5.74) is 0. The van der Waals surface area contributed by atoms with E-state index >= 15 is 0 Å². The first kappa shape index (κ1) is 44.5. The van der Waals surface area contributed by atoms with Gasteiger partial charge in [0.2, 0.25) is 0 Å². The molecule has 0 aliphatic carbocycles. The molecule has 0 amide bonds. The molecule has 0 rings (SSSR count). The van der Waals surface area contributed by atoms with Crippen LogP contribution in [0.1, 0.15) is 0 Å². The lowest BCUT2D eigenvalue weighted by molar-refractivity contribution is 2.13. The van der Waals surface area contributed by atoms with Gasteiger partial charge in [0.15, 0.2) is 0 Å². The Morgan fingerprint density at radius 3 is 0.333 bits per heavy atom. The molecule has 0 aliphatic rings. The van der Waals surface area contributed by atoms with Crippen molar-refractivity contribution in [3.63, 3.8) is 0 Å². The summed E-state index contributed by atoms with van der Waals surface area (Å²) >= 11 is 0.